The maximum atomic E-state index is 14.1. The highest BCUT2D eigenvalue weighted by Crippen LogP contribution is 2.46. The number of amides is 1. The van der Waals surface area contributed by atoms with Crippen LogP contribution in [0.25, 0.3) is 0 Å². The predicted octanol–water partition coefficient (Wildman–Crippen LogP) is 6.81. The lowest BCUT2D eigenvalue weighted by molar-refractivity contribution is -0.173. The summed E-state index contributed by atoms with van der Waals surface area (Å²) in [4.78, 5) is 26.2. The molecule has 8 nitrogen and oxygen atoms in total. The van der Waals surface area contributed by atoms with Gasteiger partial charge in [-0.3, -0.25) is 4.79 Å². The topological polar surface area (TPSA) is 105 Å². The first-order valence-electron chi connectivity index (χ1n) is 11.5. The van der Waals surface area contributed by atoms with Crippen LogP contribution in [0.15, 0.2) is 28.7 Å². The zero-order valence-electron chi connectivity index (χ0n) is 20.3. The molecule has 2 aromatic heterocycles. The number of nitrogens with zero attached hydrogens (tertiary/aromatic N) is 2. The number of esters is 1. The summed E-state index contributed by atoms with van der Waals surface area (Å²) in [6, 6.07) is 4.05. The van der Waals surface area contributed by atoms with Crippen molar-refractivity contribution in [2.75, 3.05) is 17.2 Å². The van der Waals surface area contributed by atoms with E-state index in [1.807, 2.05) is 0 Å². The Labute approximate surface area is 233 Å². The maximum Gasteiger partial charge on any atom is 0.410 e. The van der Waals surface area contributed by atoms with Crippen molar-refractivity contribution in [3.8, 4) is 0 Å². The number of hydrogen-bond donors (Lipinski definition) is 3. The SMILES string of the molecule is CCOC(=O)c1c(NC(=O)c2nn3c(c2Cl)N[C@H](c2ccc(Br)cc2)C[C@H]3C(F)(F)F)sc([C@H](C)O)c1C. The highest BCUT2D eigenvalue weighted by Gasteiger charge is 2.48. The lowest BCUT2D eigenvalue weighted by Gasteiger charge is -2.33. The fourth-order valence-electron chi connectivity index (χ4n) is 4.28. The summed E-state index contributed by atoms with van der Waals surface area (Å²) in [6.07, 6.45) is -5.97. The molecule has 3 heterocycles. The van der Waals surface area contributed by atoms with Crippen molar-refractivity contribution < 1.29 is 32.6 Å². The average molecular weight is 636 g/mol. The Morgan fingerprint density at radius 2 is 2.03 bits per heavy atom. The van der Waals surface area contributed by atoms with Crippen molar-refractivity contribution in [2.24, 2.45) is 0 Å². The summed E-state index contributed by atoms with van der Waals surface area (Å²) in [5.41, 5.74) is 0.628. The first-order valence-corrected chi connectivity index (χ1v) is 13.5. The number of hydrogen-bond acceptors (Lipinski definition) is 7. The van der Waals surface area contributed by atoms with Gasteiger partial charge in [0, 0.05) is 15.8 Å². The molecule has 38 heavy (non-hydrogen) atoms. The van der Waals surface area contributed by atoms with Crippen LogP contribution in [0, 0.1) is 6.92 Å². The van der Waals surface area contributed by atoms with Crippen molar-refractivity contribution in [1.82, 2.24) is 9.78 Å². The standard InChI is InChI=1S/C24H23BrClF3N4O4S/c1-4-37-23(36)16-10(2)19(11(3)34)38-22(16)31-21(35)18-17(26)20-30-14(12-5-7-13(25)8-6-12)9-15(24(27,28)29)33(20)32-18/h5-8,11,14-15,30,34H,4,9H2,1-3H3,(H,31,35)/t11-,14-,15-/m0/s1. The van der Waals surface area contributed by atoms with E-state index in [4.69, 9.17) is 16.3 Å². The van der Waals surface area contributed by atoms with E-state index in [-0.39, 0.29) is 34.4 Å². The van der Waals surface area contributed by atoms with Gasteiger partial charge in [-0.1, -0.05) is 39.7 Å². The van der Waals surface area contributed by atoms with Gasteiger partial charge in [0.15, 0.2) is 11.7 Å². The second-order valence-electron chi connectivity index (χ2n) is 8.64. The van der Waals surface area contributed by atoms with Crippen LogP contribution in [-0.2, 0) is 4.74 Å². The van der Waals surface area contributed by atoms with E-state index in [9.17, 15) is 27.9 Å². The number of thiophene rings is 1. The minimum atomic E-state index is -4.67. The highest BCUT2D eigenvalue weighted by atomic mass is 79.9. The molecule has 0 saturated heterocycles. The number of ether oxygens (including phenoxy) is 1. The molecule has 0 unspecified atom stereocenters. The summed E-state index contributed by atoms with van der Waals surface area (Å²) < 4.78 is 48.8. The molecule has 4 rings (SSSR count). The Balaban J connectivity index is 1.72. The molecule has 0 bridgehead atoms. The second kappa shape index (κ2) is 10.9. The summed E-state index contributed by atoms with van der Waals surface area (Å²) >= 11 is 10.7. The van der Waals surface area contributed by atoms with Crippen molar-refractivity contribution in [3.63, 3.8) is 0 Å². The number of carbonyl (C=O) groups is 2. The molecule has 0 radical (unpaired) electrons. The van der Waals surface area contributed by atoms with E-state index >= 15 is 0 Å². The van der Waals surface area contributed by atoms with Crippen LogP contribution in [0.3, 0.4) is 0 Å². The molecule has 1 aromatic carbocycles. The van der Waals surface area contributed by atoms with Gasteiger partial charge in [0.25, 0.3) is 5.91 Å². The molecule has 14 heteroatoms. The Kier molecular flexibility index (Phi) is 8.12. The fraction of sp³-hybridized carbons (Fsp3) is 0.375. The number of carbonyl (C=O) groups excluding carboxylic acids is 2. The van der Waals surface area contributed by atoms with Gasteiger partial charge in [-0.2, -0.15) is 18.3 Å². The fourth-order valence-corrected chi connectivity index (χ4v) is 5.93. The third-order valence-corrected chi connectivity index (χ3v) is 8.32. The minimum absolute atomic E-state index is 0.0443. The number of aromatic nitrogens is 2. The monoisotopic (exact) mass is 634 g/mol. The highest BCUT2D eigenvalue weighted by molar-refractivity contribution is 9.10. The Hall–Kier alpha value is -2.61. The van der Waals surface area contributed by atoms with E-state index in [1.165, 1.54) is 6.92 Å². The normalized spacial score (nSPS) is 17.9. The van der Waals surface area contributed by atoms with Gasteiger partial charge >= 0.3 is 12.1 Å². The largest absolute Gasteiger partial charge is 0.462 e. The van der Waals surface area contributed by atoms with Gasteiger partial charge in [-0.25, -0.2) is 9.48 Å². The smallest absolute Gasteiger partial charge is 0.410 e. The molecule has 1 aliphatic rings. The summed E-state index contributed by atoms with van der Waals surface area (Å²) in [5, 5.41) is 19.3. The van der Waals surface area contributed by atoms with Gasteiger partial charge in [0.2, 0.25) is 0 Å². The molecule has 0 spiro atoms. The van der Waals surface area contributed by atoms with Crippen molar-refractivity contribution in [1.29, 1.82) is 0 Å². The van der Waals surface area contributed by atoms with E-state index < -0.39 is 41.9 Å². The predicted molar refractivity (Wildman–Crippen MR) is 141 cm³/mol. The molecule has 0 fully saturated rings. The lowest BCUT2D eigenvalue weighted by Crippen LogP contribution is -2.35. The number of rotatable bonds is 6. The maximum absolute atomic E-state index is 14.1. The van der Waals surface area contributed by atoms with Crippen LogP contribution in [0.2, 0.25) is 5.02 Å². The quantitative estimate of drug-likeness (QED) is 0.257. The molecule has 3 aromatic rings. The molecule has 1 amide bonds. The van der Waals surface area contributed by atoms with Crippen LogP contribution in [0.5, 0.6) is 0 Å². The number of nitrogens with one attached hydrogen (secondary N) is 2. The van der Waals surface area contributed by atoms with Crippen LogP contribution in [0.1, 0.15) is 75.3 Å². The van der Waals surface area contributed by atoms with Gasteiger partial charge < -0.3 is 20.5 Å². The van der Waals surface area contributed by atoms with Crippen LogP contribution in [-0.4, -0.2) is 39.5 Å². The Morgan fingerprint density at radius 3 is 2.61 bits per heavy atom. The van der Waals surface area contributed by atoms with E-state index in [0.29, 0.717) is 20.7 Å². The van der Waals surface area contributed by atoms with Crippen molar-refractivity contribution >= 4 is 61.6 Å². The van der Waals surface area contributed by atoms with Gasteiger partial charge in [-0.15, -0.1) is 11.3 Å². The number of aliphatic hydroxyl groups is 1. The van der Waals surface area contributed by atoms with Gasteiger partial charge in [-0.05, 0) is 44.0 Å². The third-order valence-electron chi connectivity index (χ3n) is 6.05. The number of anilines is 2. The number of alkyl halides is 3. The minimum Gasteiger partial charge on any atom is -0.462 e. The zero-order valence-corrected chi connectivity index (χ0v) is 23.5. The van der Waals surface area contributed by atoms with E-state index in [2.05, 4.69) is 31.7 Å². The van der Waals surface area contributed by atoms with Crippen molar-refractivity contribution in [3.05, 3.63) is 61.0 Å². The summed E-state index contributed by atoms with van der Waals surface area (Å²) in [5.74, 6) is -1.77. The first kappa shape index (κ1) is 28.4. The molecule has 1 aliphatic heterocycles. The van der Waals surface area contributed by atoms with Crippen LogP contribution >= 0.6 is 38.9 Å². The summed E-state index contributed by atoms with van der Waals surface area (Å²) in [6.45, 7) is 4.80. The molecule has 0 saturated carbocycles. The number of aliphatic hydroxyl groups excluding tert-OH is 1. The first-order chi connectivity index (χ1) is 17.8. The van der Waals surface area contributed by atoms with E-state index in [0.717, 1.165) is 15.8 Å². The molecule has 204 valence electrons. The molecule has 3 N–H and O–H groups in total. The van der Waals surface area contributed by atoms with Crippen molar-refractivity contribution in [2.45, 2.75) is 51.6 Å². The summed E-state index contributed by atoms with van der Waals surface area (Å²) in [7, 11) is 0. The average Bonchev–Trinajstić information content (AvgIpc) is 3.35. The van der Waals surface area contributed by atoms with E-state index in [1.54, 1.807) is 38.1 Å². The Morgan fingerprint density at radius 1 is 1.37 bits per heavy atom. The number of benzene rings is 1. The van der Waals surface area contributed by atoms with Crippen LogP contribution < -0.4 is 10.6 Å². The van der Waals surface area contributed by atoms with Crippen LogP contribution in [0.4, 0.5) is 24.0 Å². The number of halogens is 5. The second-order valence-corrected chi connectivity index (χ2v) is 11.0. The zero-order chi connectivity index (χ0) is 27.9. The lowest BCUT2D eigenvalue weighted by atomic mass is 9.97. The molecular formula is C24H23BrClF3N4O4S. The molecule has 3 atom stereocenters. The Bertz CT molecular complexity index is 1370. The molecular weight excluding hydrogens is 613 g/mol. The van der Waals surface area contributed by atoms with Gasteiger partial charge in [0.1, 0.15) is 15.8 Å². The number of fused-ring (bicyclic) bond motifs is 1. The molecule has 0 aliphatic carbocycles. The third kappa shape index (κ3) is 5.42. The van der Waals surface area contributed by atoms with Gasteiger partial charge in [0.05, 0.1) is 24.3 Å².